The highest BCUT2D eigenvalue weighted by Crippen LogP contribution is 2.68. The van der Waals surface area contributed by atoms with Crippen molar-refractivity contribution in [3.63, 3.8) is 0 Å². The highest BCUT2D eigenvalue weighted by Gasteiger charge is 2.67. The van der Waals surface area contributed by atoms with E-state index < -0.39 is 88.9 Å². The maximum Gasteiger partial charge on any atom is 0.293 e. The van der Waals surface area contributed by atoms with E-state index >= 15 is 8.78 Å². The first-order valence-corrected chi connectivity index (χ1v) is 18.8. The highest BCUT2D eigenvalue weighted by molar-refractivity contribution is 6.36. The Morgan fingerprint density at radius 3 is 2.31 bits per heavy atom. The monoisotopic (exact) mass is 825 g/mol. The topological polar surface area (TPSA) is 123 Å². The van der Waals surface area contributed by atoms with Crippen molar-refractivity contribution in [3.8, 4) is 23.0 Å². The van der Waals surface area contributed by atoms with Crippen molar-refractivity contribution < 1.29 is 46.1 Å². The summed E-state index contributed by atoms with van der Waals surface area (Å²) in [6.45, 7) is 4.83. The molecular formula is C42H38ClF6N5O4. The predicted octanol–water partition coefficient (Wildman–Crippen LogP) is 7.90. The number of aromatic nitrogens is 5. The lowest BCUT2D eigenvalue weighted by Gasteiger charge is -2.22. The van der Waals surface area contributed by atoms with Gasteiger partial charge in [-0.05, 0) is 88.3 Å². The first kappa shape index (κ1) is 41.1. The molecule has 304 valence electrons. The molecule has 5 aromatic rings. The molecule has 3 heterocycles. The average Bonchev–Trinajstić information content (AvgIpc) is 3.65. The fraction of sp³-hybridized carbons (Fsp3) is 0.405. The molecule has 9 nitrogen and oxygen atoms in total. The molecule has 0 amide bonds. The van der Waals surface area contributed by atoms with Gasteiger partial charge in [0, 0.05) is 53.4 Å². The summed E-state index contributed by atoms with van der Waals surface area (Å²) in [5.74, 6) is -3.97. The molecule has 2 N–H and O–H groups in total. The molecule has 2 aliphatic carbocycles. The van der Waals surface area contributed by atoms with Gasteiger partial charge in [0.1, 0.15) is 46.5 Å². The van der Waals surface area contributed by atoms with Crippen LogP contribution in [0.25, 0.3) is 22.0 Å². The number of ketones is 2. The normalized spacial score (nSPS) is 17.6. The molecule has 0 aliphatic heterocycles. The van der Waals surface area contributed by atoms with Crippen molar-refractivity contribution >= 4 is 34.1 Å². The predicted molar refractivity (Wildman–Crippen MR) is 201 cm³/mol. The largest absolute Gasteiger partial charge is 0.383 e. The van der Waals surface area contributed by atoms with E-state index in [9.17, 15) is 37.4 Å². The second kappa shape index (κ2) is 14.7. The van der Waals surface area contributed by atoms with Crippen LogP contribution in [0.4, 0.5) is 26.3 Å². The maximum atomic E-state index is 15.4. The number of rotatable bonds is 12. The van der Waals surface area contributed by atoms with Gasteiger partial charge >= 0.3 is 0 Å². The molecule has 58 heavy (non-hydrogen) atoms. The Labute approximate surface area is 334 Å². The van der Waals surface area contributed by atoms with Gasteiger partial charge in [-0.3, -0.25) is 19.0 Å². The van der Waals surface area contributed by atoms with E-state index in [4.69, 9.17) is 16.6 Å². The number of fused-ring (bicyclic) bond motifs is 4. The summed E-state index contributed by atoms with van der Waals surface area (Å²) in [7, 11) is 1.61. The number of Topliss-reactive ketones (excluding diaryl/α,β-unsaturated/α-hetero) is 2. The number of alkyl halides is 4. The zero-order chi connectivity index (χ0) is 42.2. The van der Waals surface area contributed by atoms with Crippen molar-refractivity contribution in [1.82, 2.24) is 24.5 Å². The molecule has 3 atom stereocenters. The van der Waals surface area contributed by atoms with Gasteiger partial charge in [-0.15, -0.1) is 0 Å². The molecule has 0 bridgehead atoms. The van der Waals surface area contributed by atoms with Gasteiger partial charge in [0.25, 0.3) is 12.3 Å². The van der Waals surface area contributed by atoms with Gasteiger partial charge in [0.2, 0.25) is 0 Å². The number of aliphatic hydroxyl groups is 2. The summed E-state index contributed by atoms with van der Waals surface area (Å²) in [6, 6.07) is 9.25. The van der Waals surface area contributed by atoms with Crippen molar-refractivity contribution in [1.29, 1.82) is 0 Å². The third-order valence-electron chi connectivity index (χ3n) is 10.5. The Morgan fingerprint density at radius 2 is 1.67 bits per heavy atom. The van der Waals surface area contributed by atoms with Gasteiger partial charge in [0.05, 0.1) is 28.3 Å². The van der Waals surface area contributed by atoms with Crippen molar-refractivity contribution in [2.45, 2.75) is 95.3 Å². The van der Waals surface area contributed by atoms with Crippen LogP contribution in [-0.2, 0) is 41.9 Å². The van der Waals surface area contributed by atoms with Crippen LogP contribution in [0, 0.1) is 29.4 Å². The number of halogens is 7. The number of nitrogens with zero attached hydrogens (tertiary/aromatic N) is 5. The van der Waals surface area contributed by atoms with Crippen LogP contribution in [0.2, 0.25) is 5.02 Å². The summed E-state index contributed by atoms with van der Waals surface area (Å²) in [5, 5.41) is 29.7. The number of aryl methyl sites for hydroxylation is 1. The van der Waals surface area contributed by atoms with Crippen LogP contribution < -0.4 is 0 Å². The maximum absolute atomic E-state index is 15.4. The molecule has 16 heteroatoms. The minimum Gasteiger partial charge on any atom is -0.383 e. The fourth-order valence-corrected chi connectivity index (χ4v) is 8.09. The summed E-state index contributed by atoms with van der Waals surface area (Å²) in [5.41, 5.74) is -2.87. The molecule has 0 saturated heterocycles. The lowest BCUT2D eigenvalue weighted by molar-refractivity contribution is -0.133. The zero-order valence-corrected chi connectivity index (χ0v) is 32.7. The van der Waals surface area contributed by atoms with E-state index in [2.05, 4.69) is 22.0 Å². The Hall–Kier alpha value is -5.04. The average molecular weight is 826 g/mol. The Morgan fingerprint density at radius 1 is 1.00 bits per heavy atom. The molecule has 0 radical (unpaired) electrons. The van der Waals surface area contributed by atoms with Gasteiger partial charge in [-0.25, -0.2) is 22.5 Å². The highest BCUT2D eigenvalue weighted by atomic mass is 35.5. The first-order chi connectivity index (χ1) is 27.0. The number of carbonyl (C=O) groups is 2. The minimum absolute atomic E-state index is 0.0403. The Bertz CT molecular complexity index is 2540. The van der Waals surface area contributed by atoms with Gasteiger partial charge < -0.3 is 10.2 Å². The summed E-state index contributed by atoms with van der Waals surface area (Å²) in [6.07, 6.45) is -4.07. The van der Waals surface area contributed by atoms with Crippen LogP contribution in [-0.4, -0.2) is 57.5 Å². The summed E-state index contributed by atoms with van der Waals surface area (Å²) < 4.78 is 90.4. The second-order valence-corrected chi connectivity index (χ2v) is 16.5. The van der Waals surface area contributed by atoms with Crippen molar-refractivity contribution in [2.24, 2.45) is 13.0 Å². The van der Waals surface area contributed by atoms with Crippen molar-refractivity contribution in [3.05, 3.63) is 98.7 Å². The van der Waals surface area contributed by atoms with Gasteiger partial charge in [-0.2, -0.15) is 19.0 Å². The Kier molecular flexibility index (Phi) is 10.4. The number of hydrogen-bond acceptors (Lipinski definition) is 7. The molecule has 7 rings (SSSR count). The Balaban J connectivity index is 1.38. The van der Waals surface area contributed by atoms with E-state index in [1.165, 1.54) is 32.4 Å². The fourth-order valence-electron chi connectivity index (χ4n) is 7.83. The number of carbonyl (C=O) groups excluding carboxylic acids is 2. The van der Waals surface area contributed by atoms with Crippen molar-refractivity contribution in [2.75, 3.05) is 0 Å². The molecule has 2 aromatic carbocycles. The first-order valence-electron chi connectivity index (χ1n) is 18.4. The summed E-state index contributed by atoms with van der Waals surface area (Å²) >= 11 is 6.71. The van der Waals surface area contributed by atoms with E-state index in [-0.39, 0.29) is 52.5 Å². The molecule has 2 aliphatic rings. The standard InChI is InChI=1S/C42H38ClF6N5O4/c1-40(2,57)11-10-24-6-7-26(27-8-9-30(43)34-31(51-53(5)37(27)34)18-32(56)41(3,4)58)35(50-24)21(12-20-13-22(44)16-23(45)14-20)15-25(55)19-54-38-33(36(52-54)39(46)47)28-17-29(28)42(38,48)49/h6-9,13-14,16,21,28-29,39,57-58H,12,15,17-19H2,1-5H3/t21-,28+,29-/m1/s1. The molecule has 0 unspecified atom stereocenters. The van der Waals surface area contributed by atoms with E-state index in [0.29, 0.717) is 32.8 Å². The molecule has 0 spiro atoms. The zero-order valence-electron chi connectivity index (χ0n) is 32.0. The molecular weight excluding hydrogens is 788 g/mol. The second-order valence-electron chi connectivity index (χ2n) is 16.1. The van der Waals surface area contributed by atoms with Crippen LogP contribution >= 0.6 is 11.6 Å². The van der Waals surface area contributed by atoms with Crippen LogP contribution in [0.5, 0.6) is 0 Å². The third-order valence-corrected chi connectivity index (χ3v) is 10.8. The number of pyridine rings is 1. The minimum atomic E-state index is -3.47. The lowest BCUT2D eigenvalue weighted by Crippen LogP contribution is -2.32. The van der Waals surface area contributed by atoms with E-state index in [1.807, 2.05) is 0 Å². The molecule has 1 fully saturated rings. The van der Waals surface area contributed by atoms with Crippen LogP contribution in [0.1, 0.15) is 98.4 Å². The van der Waals surface area contributed by atoms with Crippen LogP contribution in [0.3, 0.4) is 0 Å². The smallest absolute Gasteiger partial charge is 0.293 e. The van der Waals surface area contributed by atoms with Crippen LogP contribution in [0.15, 0.2) is 42.5 Å². The number of hydrogen-bond donors (Lipinski definition) is 2. The molecule has 3 aromatic heterocycles. The summed E-state index contributed by atoms with van der Waals surface area (Å²) in [4.78, 5) is 31.8. The van der Waals surface area contributed by atoms with Gasteiger partial charge in [0.15, 0.2) is 11.6 Å². The van der Waals surface area contributed by atoms with E-state index in [1.54, 1.807) is 31.3 Å². The third kappa shape index (κ3) is 7.89. The quantitative estimate of drug-likeness (QED) is 0.0969. The SMILES string of the molecule is Cn1nc(CC(=O)C(C)(C)O)c2c(Cl)ccc(-c3ccc(C#CC(C)(C)O)nc3[C@@H](CC(=O)Cn3nc(C(F)F)c4c3C(F)(F)[C@@H]3C[C@H]43)Cc3cc(F)cc(F)c3)c21. The molecule has 1 saturated carbocycles. The van der Waals surface area contributed by atoms with E-state index in [0.717, 1.165) is 12.1 Å². The van der Waals surface area contributed by atoms with Gasteiger partial charge in [-0.1, -0.05) is 23.6 Å². The number of benzene rings is 2. The lowest BCUT2D eigenvalue weighted by atomic mass is 9.86.